The van der Waals surface area contributed by atoms with Gasteiger partial charge >= 0.3 is 0 Å². The summed E-state index contributed by atoms with van der Waals surface area (Å²) in [4.78, 5) is 0. The lowest BCUT2D eigenvalue weighted by atomic mass is 9.81. The lowest BCUT2D eigenvalue weighted by Gasteiger charge is -2.64. The Bertz CT molecular complexity index is 783. The molecule has 0 atom stereocenters. The lowest BCUT2D eigenvalue weighted by molar-refractivity contribution is 0.569. The zero-order valence-corrected chi connectivity index (χ0v) is 30.7. The third kappa shape index (κ3) is 5.98. The van der Waals surface area contributed by atoms with E-state index in [1.165, 1.54) is 11.1 Å². The standard InChI is InChI=1S/C32H63Si3/c1-27(2,3)24-21-25(28(4,5)6)23-26(22-24)33(34(19,29(7,8)9)30(10,11)12)35(20,31(13,14)15)32(16,17)18/h21-23H,1-20H3. The highest BCUT2D eigenvalue weighted by Crippen LogP contribution is 2.60. The molecule has 0 saturated heterocycles. The second kappa shape index (κ2) is 9.26. The van der Waals surface area contributed by atoms with Crippen LogP contribution in [0.5, 0.6) is 0 Å². The molecule has 203 valence electrons. The Morgan fingerprint density at radius 3 is 0.829 bits per heavy atom. The summed E-state index contributed by atoms with van der Waals surface area (Å²) in [7, 11) is -4.67. The molecule has 0 unspecified atom stereocenters. The lowest BCUT2D eigenvalue weighted by Crippen LogP contribution is -2.80. The van der Waals surface area contributed by atoms with Gasteiger partial charge in [0.05, 0.1) is 23.0 Å². The minimum atomic E-state index is -1.88. The predicted molar refractivity (Wildman–Crippen MR) is 171 cm³/mol. The van der Waals surface area contributed by atoms with Gasteiger partial charge in [-0.25, -0.2) is 0 Å². The van der Waals surface area contributed by atoms with Crippen molar-refractivity contribution in [3.05, 3.63) is 29.3 Å². The molecule has 3 heteroatoms. The van der Waals surface area contributed by atoms with Crippen molar-refractivity contribution in [3.63, 3.8) is 0 Å². The van der Waals surface area contributed by atoms with Crippen LogP contribution in [0.4, 0.5) is 0 Å². The molecule has 0 aromatic heterocycles. The van der Waals surface area contributed by atoms with Gasteiger partial charge in [0.1, 0.15) is 0 Å². The molecule has 0 nitrogen and oxygen atoms in total. The average molecular weight is 532 g/mol. The zero-order chi connectivity index (χ0) is 28.4. The van der Waals surface area contributed by atoms with Gasteiger partial charge in [0, 0.05) is 0 Å². The van der Waals surface area contributed by atoms with Crippen molar-refractivity contribution in [1.29, 1.82) is 0 Å². The molecule has 35 heavy (non-hydrogen) atoms. The Morgan fingerprint density at radius 2 is 0.657 bits per heavy atom. The first-order chi connectivity index (χ1) is 14.9. The SMILES string of the molecule is CC(C)(C)c1cc([Si]([Si](C)(C(C)(C)C)C(C)(C)C)[Si](C)(C(C)(C)C)C(C)(C)C)cc(C(C)(C)C)c1. The maximum atomic E-state index is 2.82. The van der Waals surface area contributed by atoms with Crippen molar-refractivity contribution in [2.75, 3.05) is 0 Å². The predicted octanol–water partition coefficient (Wildman–Crippen LogP) is 10.5. The van der Waals surface area contributed by atoms with Gasteiger partial charge in [-0.3, -0.25) is 0 Å². The van der Waals surface area contributed by atoms with E-state index in [0.29, 0.717) is 20.2 Å². The van der Waals surface area contributed by atoms with Crippen molar-refractivity contribution in [2.45, 2.75) is 169 Å². The summed E-state index contributed by atoms with van der Waals surface area (Å²) >= 11 is 0. The second-order valence-corrected chi connectivity index (χ2v) is 40.3. The molecular formula is C32H63Si3. The average Bonchev–Trinajstić information content (AvgIpc) is 2.55. The number of hydrogen-bond donors (Lipinski definition) is 0. The van der Waals surface area contributed by atoms with Crippen LogP contribution < -0.4 is 5.19 Å². The Kier molecular flexibility index (Phi) is 8.70. The van der Waals surface area contributed by atoms with Gasteiger partial charge in [-0.2, -0.15) is 0 Å². The van der Waals surface area contributed by atoms with Gasteiger partial charge in [0.2, 0.25) is 0 Å². The van der Waals surface area contributed by atoms with E-state index in [-0.39, 0.29) is 10.8 Å². The fraction of sp³-hybridized carbons (Fsp3) is 0.812. The first-order valence-corrected chi connectivity index (χ1v) is 22.5. The van der Waals surface area contributed by atoms with Crippen LogP contribution >= 0.6 is 0 Å². The van der Waals surface area contributed by atoms with Crippen LogP contribution in [0.3, 0.4) is 0 Å². The van der Waals surface area contributed by atoms with E-state index in [2.05, 4.69) is 156 Å². The van der Waals surface area contributed by atoms with Crippen LogP contribution in [0, 0.1) is 0 Å². The second-order valence-electron chi connectivity index (χ2n) is 17.9. The highest BCUT2D eigenvalue weighted by atomic mass is 29.6. The van der Waals surface area contributed by atoms with Gasteiger partial charge in [0.15, 0.2) is 0 Å². The molecule has 0 aliphatic carbocycles. The largest absolute Gasteiger partial charge is 0.0728 e. The molecule has 0 saturated carbocycles. The van der Waals surface area contributed by atoms with E-state index in [1.54, 1.807) is 5.19 Å². The number of hydrogen-bond acceptors (Lipinski definition) is 0. The molecule has 0 fully saturated rings. The summed E-state index contributed by atoms with van der Waals surface area (Å²) in [6.07, 6.45) is 0. The summed E-state index contributed by atoms with van der Waals surface area (Å²) < 4.78 is 0. The van der Waals surface area contributed by atoms with Crippen LogP contribution in [0.15, 0.2) is 18.2 Å². The quantitative estimate of drug-likeness (QED) is 0.340. The number of rotatable bonds is 3. The maximum absolute atomic E-state index is 2.82. The highest BCUT2D eigenvalue weighted by molar-refractivity contribution is 7.66. The summed E-state index contributed by atoms with van der Waals surface area (Å²) in [5.74, 6) is 0. The maximum Gasteiger partial charge on any atom is 0.0728 e. The van der Waals surface area contributed by atoms with Crippen LogP contribution in [0.25, 0.3) is 0 Å². The van der Waals surface area contributed by atoms with E-state index in [9.17, 15) is 0 Å². The van der Waals surface area contributed by atoms with Gasteiger partial charge < -0.3 is 0 Å². The molecule has 0 N–H and O–H groups in total. The molecule has 1 aromatic carbocycles. The fourth-order valence-electron chi connectivity index (χ4n) is 6.47. The van der Waals surface area contributed by atoms with E-state index in [4.69, 9.17) is 0 Å². The van der Waals surface area contributed by atoms with E-state index in [1.807, 2.05) is 0 Å². The van der Waals surface area contributed by atoms with Crippen LogP contribution in [0.2, 0.25) is 33.2 Å². The first-order valence-electron chi connectivity index (χ1n) is 14.0. The molecule has 0 amide bonds. The van der Waals surface area contributed by atoms with Crippen LogP contribution in [0.1, 0.15) is 136 Å². The molecule has 0 bridgehead atoms. The summed E-state index contributed by atoms with van der Waals surface area (Å²) in [5, 5.41) is 3.05. The van der Waals surface area contributed by atoms with Crippen LogP contribution in [-0.2, 0) is 10.8 Å². The minimum Gasteiger partial charge on any atom is -0.0704 e. The van der Waals surface area contributed by atoms with Gasteiger partial charge in [-0.1, -0.05) is 161 Å². The molecule has 1 rings (SSSR count). The third-order valence-corrected chi connectivity index (χ3v) is 50.6. The molecule has 0 spiro atoms. The van der Waals surface area contributed by atoms with Crippen molar-refractivity contribution in [3.8, 4) is 0 Å². The molecule has 0 aliphatic rings. The molecule has 1 aromatic rings. The van der Waals surface area contributed by atoms with E-state index >= 15 is 0 Å². The Balaban J connectivity index is 4.52. The van der Waals surface area contributed by atoms with E-state index < -0.39 is 23.0 Å². The fourth-order valence-corrected chi connectivity index (χ4v) is 55.5. The smallest absolute Gasteiger partial charge is 0.0704 e. The topological polar surface area (TPSA) is 0 Å². The minimum absolute atomic E-state index is 0.145. The van der Waals surface area contributed by atoms with Gasteiger partial charge in [0.25, 0.3) is 0 Å². The molecular weight excluding hydrogens is 469 g/mol. The molecule has 1 radical (unpaired) electrons. The third-order valence-electron chi connectivity index (χ3n) is 9.95. The van der Waals surface area contributed by atoms with Crippen molar-refractivity contribution in [2.24, 2.45) is 0 Å². The summed E-state index contributed by atoms with van der Waals surface area (Å²) in [6, 6.07) is 7.94. The van der Waals surface area contributed by atoms with E-state index in [0.717, 1.165) is 0 Å². The van der Waals surface area contributed by atoms with Crippen LogP contribution in [-0.4, -0.2) is 23.0 Å². The molecule has 0 heterocycles. The Morgan fingerprint density at radius 1 is 0.429 bits per heavy atom. The monoisotopic (exact) mass is 531 g/mol. The normalized spacial score (nSPS) is 15.7. The zero-order valence-electron chi connectivity index (χ0n) is 27.7. The molecule has 0 aliphatic heterocycles. The van der Waals surface area contributed by atoms with Gasteiger partial charge in [-0.15, -0.1) is 0 Å². The highest BCUT2D eigenvalue weighted by Gasteiger charge is 2.66. The Labute approximate surface area is 225 Å². The Hall–Kier alpha value is -0.129. The van der Waals surface area contributed by atoms with Crippen molar-refractivity contribution < 1.29 is 0 Å². The summed E-state index contributed by atoms with van der Waals surface area (Å²) in [6.45, 7) is 51.2. The summed E-state index contributed by atoms with van der Waals surface area (Å²) in [5.41, 5.74) is 3.35. The number of benzene rings is 1. The first kappa shape index (κ1) is 32.9. The van der Waals surface area contributed by atoms with Crippen molar-refractivity contribution in [1.82, 2.24) is 0 Å². The van der Waals surface area contributed by atoms with Gasteiger partial charge in [-0.05, 0) is 42.1 Å². The van der Waals surface area contributed by atoms with Crippen molar-refractivity contribution >= 4 is 28.2 Å².